The van der Waals surface area contributed by atoms with Gasteiger partial charge in [-0.2, -0.15) is 0 Å². The fraction of sp³-hybridized carbons (Fsp3) is 0.143. The van der Waals surface area contributed by atoms with Crippen molar-refractivity contribution in [2.45, 2.75) is 13.8 Å². The predicted molar refractivity (Wildman–Crippen MR) is 66.5 cm³/mol. The van der Waals surface area contributed by atoms with Gasteiger partial charge in [0.1, 0.15) is 0 Å². The van der Waals surface area contributed by atoms with Gasteiger partial charge in [0.25, 0.3) is 0 Å². The third-order valence-electron chi connectivity index (χ3n) is 3.06. The number of fused-ring (bicyclic) bond motifs is 3. The second-order valence-corrected chi connectivity index (χ2v) is 4.11. The monoisotopic (exact) mass is 401 g/mol. The summed E-state index contributed by atoms with van der Waals surface area (Å²) >= 11 is 0. The summed E-state index contributed by atoms with van der Waals surface area (Å²) in [5.74, 6) is 0. The molecule has 0 aliphatic heterocycles. The predicted octanol–water partition coefficient (Wildman–Crippen LogP) is 3.40. The molecule has 0 saturated carbocycles. The van der Waals surface area contributed by atoms with Gasteiger partial charge in [0, 0.05) is 23.2 Å². The van der Waals surface area contributed by atoms with Gasteiger partial charge in [-0.15, -0.1) is 0 Å². The van der Waals surface area contributed by atoms with E-state index < -0.39 is 0 Å². The van der Waals surface area contributed by atoms with Crippen LogP contribution < -0.4 is 0 Å². The second kappa shape index (κ2) is 4.52. The molecule has 0 unspecified atom stereocenters. The molecule has 3 heteroatoms. The molecular formula is C14H12IrN2+. The Morgan fingerprint density at radius 3 is 1.53 bits per heavy atom. The molecule has 0 bridgehead atoms. The largest absolute Gasteiger partial charge is 1.00 e. The van der Waals surface area contributed by atoms with Crippen LogP contribution in [0.15, 0.2) is 36.7 Å². The van der Waals surface area contributed by atoms with Crippen molar-refractivity contribution in [3.63, 3.8) is 0 Å². The van der Waals surface area contributed by atoms with Crippen LogP contribution >= 0.6 is 0 Å². The first-order chi connectivity index (χ1) is 7.77. The van der Waals surface area contributed by atoms with Gasteiger partial charge in [0.05, 0.1) is 11.0 Å². The Morgan fingerprint density at radius 2 is 1.12 bits per heavy atom. The van der Waals surface area contributed by atoms with Crippen molar-refractivity contribution in [3.8, 4) is 0 Å². The van der Waals surface area contributed by atoms with Gasteiger partial charge >= 0.3 is 20.1 Å². The smallest absolute Gasteiger partial charge is 0.254 e. The topological polar surface area (TPSA) is 25.8 Å². The minimum Gasteiger partial charge on any atom is -0.254 e. The van der Waals surface area contributed by atoms with Crippen molar-refractivity contribution in [2.75, 3.05) is 0 Å². The maximum atomic E-state index is 4.45. The van der Waals surface area contributed by atoms with Crippen LogP contribution in [0, 0.1) is 13.8 Å². The Kier molecular flexibility index (Phi) is 3.23. The first-order valence-corrected chi connectivity index (χ1v) is 5.37. The summed E-state index contributed by atoms with van der Waals surface area (Å²) in [6, 6.07) is 8.33. The van der Waals surface area contributed by atoms with E-state index in [1.54, 1.807) is 0 Å². The standard InChI is InChI=1S/C14H12N2.Ir/c1-9-5-7-15-13-11(9)3-4-12-10(2)6-8-16-14(12)13;/h3-8H,1-2H3;/q;+1. The van der Waals surface area contributed by atoms with Gasteiger partial charge < -0.3 is 0 Å². The molecule has 1 aromatic carbocycles. The summed E-state index contributed by atoms with van der Waals surface area (Å²) in [5.41, 5.74) is 4.49. The zero-order chi connectivity index (χ0) is 11.1. The number of benzene rings is 1. The number of hydrogen-bond acceptors (Lipinski definition) is 2. The van der Waals surface area contributed by atoms with Crippen LogP contribution in [0.5, 0.6) is 0 Å². The molecule has 0 spiro atoms. The molecule has 17 heavy (non-hydrogen) atoms. The number of pyridine rings is 2. The molecule has 0 aliphatic carbocycles. The molecule has 0 radical (unpaired) electrons. The summed E-state index contributed by atoms with van der Waals surface area (Å²) in [6.45, 7) is 4.21. The molecule has 0 aliphatic rings. The van der Waals surface area contributed by atoms with Crippen LogP contribution in [0.25, 0.3) is 21.8 Å². The molecule has 0 atom stereocenters. The molecule has 86 valence electrons. The van der Waals surface area contributed by atoms with Crippen LogP contribution in [0.2, 0.25) is 0 Å². The van der Waals surface area contributed by atoms with Crippen molar-refractivity contribution in [1.82, 2.24) is 9.97 Å². The number of aromatic nitrogens is 2. The quantitative estimate of drug-likeness (QED) is 0.541. The Labute approximate surface area is 113 Å². The van der Waals surface area contributed by atoms with Crippen LogP contribution in [-0.2, 0) is 20.1 Å². The third-order valence-corrected chi connectivity index (χ3v) is 3.06. The third kappa shape index (κ3) is 1.86. The van der Waals surface area contributed by atoms with Gasteiger partial charge in [-0.05, 0) is 37.1 Å². The molecular weight excluding hydrogens is 388 g/mol. The second-order valence-electron chi connectivity index (χ2n) is 4.11. The van der Waals surface area contributed by atoms with Crippen LogP contribution in [0.3, 0.4) is 0 Å². The maximum Gasteiger partial charge on any atom is 1.00 e. The van der Waals surface area contributed by atoms with Gasteiger partial charge in [-0.3, -0.25) is 9.97 Å². The molecule has 3 aromatic rings. The molecule has 3 rings (SSSR count). The first-order valence-electron chi connectivity index (χ1n) is 5.37. The molecule has 0 N–H and O–H groups in total. The molecule has 0 amide bonds. The van der Waals surface area contributed by atoms with Gasteiger partial charge in [-0.1, -0.05) is 12.1 Å². The van der Waals surface area contributed by atoms with E-state index in [2.05, 4.69) is 35.9 Å². The van der Waals surface area contributed by atoms with E-state index in [-0.39, 0.29) is 20.1 Å². The van der Waals surface area contributed by atoms with Crippen LogP contribution in [0.4, 0.5) is 0 Å². The van der Waals surface area contributed by atoms with Gasteiger partial charge in [0.15, 0.2) is 0 Å². The Bertz CT molecular complexity index is 631. The zero-order valence-electron chi connectivity index (χ0n) is 9.69. The molecule has 2 aromatic heterocycles. The van der Waals surface area contributed by atoms with E-state index in [1.165, 1.54) is 21.9 Å². The van der Waals surface area contributed by atoms with Crippen LogP contribution in [0.1, 0.15) is 11.1 Å². The first kappa shape index (κ1) is 12.2. The van der Waals surface area contributed by atoms with Crippen molar-refractivity contribution in [2.24, 2.45) is 0 Å². The number of aryl methyl sites for hydroxylation is 2. The molecule has 0 saturated heterocycles. The van der Waals surface area contributed by atoms with Gasteiger partial charge in [0.2, 0.25) is 0 Å². The maximum absolute atomic E-state index is 4.45. The molecule has 0 fully saturated rings. The summed E-state index contributed by atoms with van der Waals surface area (Å²) < 4.78 is 0. The normalized spacial score (nSPS) is 10.5. The fourth-order valence-electron chi connectivity index (χ4n) is 2.10. The average Bonchev–Trinajstić information content (AvgIpc) is 2.30. The van der Waals surface area contributed by atoms with E-state index in [0.717, 1.165) is 11.0 Å². The summed E-state index contributed by atoms with van der Waals surface area (Å²) in [7, 11) is 0. The minimum atomic E-state index is 0. The van der Waals surface area contributed by atoms with Crippen molar-refractivity contribution >= 4 is 21.8 Å². The average molecular weight is 400 g/mol. The Hall–Kier alpha value is -1.31. The summed E-state index contributed by atoms with van der Waals surface area (Å²) in [5, 5.41) is 2.38. The van der Waals surface area contributed by atoms with Gasteiger partial charge in [-0.25, -0.2) is 0 Å². The minimum absolute atomic E-state index is 0. The summed E-state index contributed by atoms with van der Waals surface area (Å²) in [6.07, 6.45) is 3.70. The zero-order valence-corrected chi connectivity index (χ0v) is 12.1. The molecule has 2 heterocycles. The van der Waals surface area contributed by atoms with Crippen molar-refractivity contribution < 1.29 is 20.1 Å². The van der Waals surface area contributed by atoms with Crippen LogP contribution in [-0.4, -0.2) is 9.97 Å². The summed E-state index contributed by atoms with van der Waals surface area (Å²) in [4.78, 5) is 8.90. The number of hydrogen-bond donors (Lipinski definition) is 0. The molecule has 2 nitrogen and oxygen atoms in total. The fourth-order valence-corrected chi connectivity index (χ4v) is 2.10. The SMILES string of the molecule is Cc1ccnc2c1ccc1c(C)ccnc12.[Ir+]. The van der Waals surface area contributed by atoms with E-state index in [1.807, 2.05) is 24.5 Å². The van der Waals surface area contributed by atoms with E-state index in [4.69, 9.17) is 0 Å². The van der Waals surface area contributed by atoms with E-state index in [0.29, 0.717) is 0 Å². The number of rotatable bonds is 0. The Morgan fingerprint density at radius 1 is 0.706 bits per heavy atom. The van der Waals surface area contributed by atoms with Crippen molar-refractivity contribution in [3.05, 3.63) is 47.8 Å². The van der Waals surface area contributed by atoms with E-state index in [9.17, 15) is 0 Å². The van der Waals surface area contributed by atoms with Crippen molar-refractivity contribution in [1.29, 1.82) is 0 Å². The Balaban J connectivity index is 0.00000108. The van der Waals surface area contributed by atoms with E-state index >= 15 is 0 Å². The number of nitrogens with zero attached hydrogens (tertiary/aromatic N) is 2.